The molecule has 0 saturated carbocycles. The molecule has 118 valence electrons. The van der Waals surface area contributed by atoms with E-state index in [4.69, 9.17) is 17.3 Å². The van der Waals surface area contributed by atoms with E-state index in [2.05, 4.69) is 34.9 Å². The molecule has 0 amide bonds. The molecule has 0 aromatic heterocycles. The summed E-state index contributed by atoms with van der Waals surface area (Å²) < 4.78 is 13.6. The molecule has 1 aliphatic rings. The zero-order valence-corrected chi connectivity index (χ0v) is 13.4. The van der Waals surface area contributed by atoms with Gasteiger partial charge in [0.05, 0.1) is 10.7 Å². The van der Waals surface area contributed by atoms with Crippen LogP contribution in [0.25, 0.3) is 0 Å². The number of hydrogen-bond acceptors (Lipinski definition) is 3. The largest absolute Gasteiger partial charge is 0.368 e. The predicted molar refractivity (Wildman–Crippen MR) is 88.1 cm³/mol. The van der Waals surface area contributed by atoms with Crippen molar-refractivity contribution in [3.05, 3.63) is 28.8 Å². The van der Waals surface area contributed by atoms with Gasteiger partial charge >= 0.3 is 0 Å². The maximum absolute atomic E-state index is 13.6. The monoisotopic (exact) mass is 313 g/mol. The highest BCUT2D eigenvalue weighted by atomic mass is 35.5. The van der Waals surface area contributed by atoms with Crippen molar-refractivity contribution in [3.63, 3.8) is 0 Å². The van der Waals surface area contributed by atoms with Crippen molar-refractivity contribution < 1.29 is 4.39 Å². The lowest BCUT2D eigenvalue weighted by Crippen LogP contribution is -2.48. The molecule has 1 aliphatic heterocycles. The summed E-state index contributed by atoms with van der Waals surface area (Å²) in [5.74, 6) is 0. The maximum atomic E-state index is 13.6. The normalized spacial score (nSPS) is 18.0. The SMILES string of the molecule is CCc1cccc(N2CCN(C[C@@H](F)CCN)CC2)c1Cl. The second-order valence-electron chi connectivity index (χ2n) is 5.57. The number of nitrogens with two attached hydrogens (primary N) is 1. The Labute approximate surface area is 131 Å². The molecule has 3 nitrogen and oxygen atoms in total. The molecule has 0 unspecified atom stereocenters. The van der Waals surface area contributed by atoms with E-state index in [1.54, 1.807) is 0 Å². The Bertz CT molecular complexity index is 447. The molecular formula is C16H25ClFN3. The average Bonchev–Trinajstić information content (AvgIpc) is 2.49. The fourth-order valence-electron chi connectivity index (χ4n) is 2.81. The highest BCUT2D eigenvalue weighted by Gasteiger charge is 2.21. The van der Waals surface area contributed by atoms with Gasteiger partial charge in [-0.25, -0.2) is 4.39 Å². The molecule has 0 bridgehead atoms. The minimum Gasteiger partial charge on any atom is -0.368 e. The first-order chi connectivity index (χ1) is 10.2. The van der Waals surface area contributed by atoms with Crippen LogP contribution in [0.2, 0.25) is 5.02 Å². The third kappa shape index (κ3) is 4.31. The predicted octanol–water partition coefficient (Wildman–Crippen LogP) is 2.71. The molecule has 0 aliphatic carbocycles. The van der Waals surface area contributed by atoms with Gasteiger partial charge in [0.2, 0.25) is 0 Å². The molecule has 5 heteroatoms. The van der Waals surface area contributed by atoms with Crippen LogP contribution < -0.4 is 10.6 Å². The quantitative estimate of drug-likeness (QED) is 0.876. The number of aryl methyl sites for hydroxylation is 1. The highest BCUT2D eigenvalue weighted by Crippen LogP contribution is 2.30. The summed E-state index contributed by atoms with van der Waals surface area (Å²) in [6, 6.07) is 6.21. The number of nitrogens with zero attached hydrogens (tertiary/aromatic N) is 2. The van der Waals surface area contributed by atoms with E-state index in [0.29, 0.717) is 19.5 Å². The zero-order valence-electron chi connectivity index (χ0n) is 12.7. The van der Waals surface area contributed by atoms with E-state index in [9.17, 15) is 4.39 Å². The number of halogens is 2. The minimum atomic E-state index is -0.812. The Hall–Kier alpha value is -0.840. The van der Waals surface area contributed by atoms with Crippen LogP contribution >= 0.6 is 11.6 Å². The molecule has 0 radical (unpaired) electrons. The summed E-state index contributed by atoms with van der Waals surface area (Å²) in [4.78, 5) is 4.47. The lowest BCUT2D eigenvalue weighted by Gasteiger charge is -2.37. The number of alkyl halides is 1. The van der Waals surface area contributed by atoms with Crippen molar-refractivity contribution in [3.8, 4) is 0 Å². The van der Waals surface area contributed by atoms with Gasteiger partial charge in [0, 0.05) is 32.7 Å². The molecule has 0 spiro atoms. The average molecular weight is 314 g/mol. The molecule has 1 heterocycles. The van der Waals surface area contributed by atoms with Gasteiger partial charge in [0.25, 0.3) is 0 Å². The standard InChI is InChI=1S/C16H25ClFN3/c1-2-13-4-3-5-15(16(13)17)21-10-8-20(9-11-21)12-14(18)6-7-19/h3-5,14H,2,6-12,19H2,1H3/t14-/m0/s1. The summed E-state index contributed by atoms with van der Waals surface area (Å²) in [5, 5.41) is 0.861. The third-order valence-corrected chi connectivity index (χ3v) is 4.52. The highest BCUT2D eigenvalue weighted by molar-refractivity contribution is 6.34. The van der Waals surface area contributed by atoms with Gasteiger partial charge in [-0.3, -0.25) is 4.90 Å². The van der Waals surface area contributed by atoms with Gasteiger partial charge in [-0.1, -0.05) is 30.7 Å². The second-order valence-corrected chi connectivity index (χ2v) is 5.94. The molecule has 21 heavy (non-hydrogen) atoms. The first-order valence-corrected chi connectivity index (χ1v) is 8.12. The molecule has 1 aromatic rings. The number of anilines is 1. The van der Waals surface area contributed by atoms with Crippen molar-refractivity contribution in [2.45, 2.75) is 25.9 Å². The van der Waals surface area contributed by atoms with E-state index in [1.807, 2.05) is 0 Å². The van der Waals surface area contributed by atoms with Gasteiger partial charge in [-0.15, -0.1) is 0 Å². The number of benzene rings is 1. The summed E-state index contributed by atoms with van der Waals surface area (Å²) >= 11 is 6.48. The van der Waals surface area contributed by atoms with Crippen LogP contribution in [0.15, 0.2) is 18.2 Å². The fourth-order valence-corrected chi connectivity index (χ4v) is 3.19. The van der Waals surface area contributed by atoms with Crippen LogP contribution in [0.1, 0.15) is 18.9 Å². The lowest BCUT2D eigenvalue weighted by atomic mass is 10.1. The van der Waals surface area contributed by atoms with Gasteiger partial charge in [0.15, 0.2) is 0 Å². The van der Waals surface area contributed by atoms with Crippen LogP contribution in [0.5, 0.6) is 0 Å². The Morgan fingerprint density at radius 2 is 2.00 bits per heavy atom. The first kappa shape index (κ1) is 16.5. The Morgan fingerprint density at radius 3 is 2.62 bits per heavy atom. The van der Waals surface area contributed by atoms with Gasteiger partial charge < -0.3 is 10.6 Å². The van der Waals surface area contributed by atoms with Crippen molar-refractivity contribution in [1.29, 1.82) is 0 Å². The fraction of sp³-hybridized carbons (Fsp3) is 0.625. The van der Waals surface area contributed by atoms with Crippen molar-refractivity contribution in [1.82, 2.24) is 4.90 Å². The maximum Gasteiger partial charge on any atom is 0.114 e. The lowest BCUT2D eigenvalue weighted by molar-refractivity contribution is 0.178. The van der Waals surface area contributed by atoms with Gasteiger partial charge in [-0.2, -0.15) is 0 Å². The van der Waals surface area contributed by atoms with Crippen molar-refractivity contribution in [2.75, 3.05) is 44.2 Å². The Balaban J connectivity index is 1.92. The summed E-state index contributed by atoms with van der Waals surface area (Å²) in [5.41, 5.74) is 7.68. The van der Waals surface area contributed by atoms with E-state index in [-0.39, 0.29) is 0 Å². The Kier molecular flexibility index (Phi) is 6.27. The molecule has 1 saturated heterocycles. The van der Waals surface area contributed by atoms with Crippen LogP contribution in [0.3, 0.4) is 0 Å². The molecule has 1 aromatic carbocycles. The van der Waals surface area contributed by atoms with Crippen LogP contribution in [0, 0.1) is 0 Å². The number of rotatable bonds is 6. The van der Waals surface area contributed by atoms with Gasteiger partial charge in [0.1, 0.15) is 6.17 Å². The summed E-state index contributed by atoms with van der Waals surface area (Å²) in [7, 11) is 0. The van der Waals surface area contributed by atoms with Crippen LogP contribution in [0.4, 0.5) is 10.1 Å². The first-order valence-electron chi connectivity index (χ1n) is 7.74. The topological polar surface area (TPSA) is 32.5 Å². The summed E-state index contributed by atoms with van der Waals surface area (Å²) in [6.45, 7) is 6.55. The molecule has 1 atom stereocenters. The van der Waals surface area contributed by atoms with E-state index in [0.717, 1.165) is 43.3 Å². The molecule has 1 fully saturated rings. The molecular weight excluding hydrogens is 289 g/mol. The second kappa shape index (κ2) is 7.97. The van der Waals surface area contributed by atoms with Crippen molar-refractivity contribution in [2.24, 2.45) is 5.73 Å². The molecule has 2 N–H and O–H groups in total. The van der Waals surface area contributed by atoms with Crippen LogP contribution in [-0.4, -0.2) is 50.3 Å². The zero-order chi connectivity index (χ0) is 15.2. The smallest absolute Gasteiger partial charge is 0.114 e. The minimum absolute atomic E-state index is 0.417. The summed E-state index contributed by atoms with van der Waals surface area (Å²) in [6.07, 6.45) is 0.577. The van der Waals surface area contributed by atoms with Crippen LogP contribution in [-0.2, 0) is 6.42 Å². The molecule has 2 rings (SSSR count). The van der Waals surface area contributed by atoms with Gasteiger partial charge in [-0.05, 0) is 31.0 Å². The number of piperazine rings is 1. The number of hydrogen-bond donors (Lipinski definition) is 1. The Morgan fingerprint density at radius 1 is 1.29 bits per heavy atom. The van der Waals surface area contributed by atoms with Crippen molar-refractivity contribution >= 4 is 17.3 Å². The van der Waals surface area contributed by atoms with E-state index < -0.39 is 6.17 Å². The third-order valence-electron chi connectivity index (χ3n) is 4.09. The van der Waals surface area contributed by atoms with E-state index >= 15 is 0 Å². The van der Waals surface area contributed by atoms with E-state index in [1.165, 1.54) is 5.56 Å².